The van der Waals surface area contributed by atoms with Gasteiger partial charge in [0.15, 0.2) is 0 Å². The zero-order valence-electron chi connectivity index (χ0n) is 5.98. The van der Waals surface area contributed by atoms with Crippen molar-refractivity contribution in [2.45, 2.75) is 25.7 Å². The van der Waals surface area contributed by atoms with Gasteiger partial charge in [-0.05, 0) is 0 Å². The Kier molecular flexibility index (Phi) is 6.67. The van der Waals surface area contributed by atoms with Crippen LogP contribution in [0.1, 0.15) is 25.7 Å². The highest BCUT2D eigenvalue weighted by Gasteiger charge is 1.73. The first kappa shape index (κ1) is 8.68. The molecule has 0 atom stereocenters. The van der Waals surface area contributed by atoms with Crippen molar-refractivity contribution in [3.05, 3.63) is 0 Å². The first-order valence-corrected chi connectivity index (χ1v) is 3.24. The molecule has 0 aliphatic rings. The van der Waals surface area contributed by atoms with Gasteiger partial charge in [0.1, 0.15) is 0 Å². The molecule has 0 aliphatic carbocycles. The highest BCUT2D eigenvalue weighted by Crippen LogP contribution is 1.85. The van der Waals surface area contributed by atoms with E-state index in [4.69, 9.17) is 12.8 Å². The maximum absolute atomic E-state index is 5.02. The Balaban J connectivity index is 3.18. The molecule has 0 aliphatic heterocycles. The summed E-state index contributed by atoms with van der Waals surface area (Å²) < 4.78 is 0. The number of unbranched alkanes of at least 4 members (excludes halogenated alkanes) is 2. The van der Waals surface area contributed by atoms with Crippen LogP contribution in [0.5, 0.6) is 0 Å². The Labute approximate surface area is 63.0 Å². The molecule has 0 aromatic heterocycles. The lowest BCUT2D eigenvalue weighted by atomic mass is 10.3. The number of terminal acetylenes is 2. The number of rotatable bonds is 2. The van der Waals surface area contributed by atoms with Crippen molar-refractivity contribution >= 4 is 0 Å². The van der Waals surface area contributed by atoms with E-state index in [-0.39, 0.29) is 0 Å². The average molecular weight is 130 g/mol. The van der Waals surface area contributed by atoms with Crippen molar-refractivity contribution in [1.29, 1.82) is 0 Å². The van der Waals surface area contributed by atoms with Gasteiger partial charge in [0, 0.05) is 25.7 Å². The van der Waals surface area contributed by atoms with Crippen LogP contribution >= 0.6 is 0 Å². The largest absolute Gasteiger partial charge is 0.120 e. The lowest BCUT2D eigenvalue weighted by Gasteiger charge is -1.78. The average Bonchev–Trinajstić information content (AvgIpc) is 1.97. The van der Waals surface area contributed by atoms with Gasteiger partial charge in [0.25, 0.3) is 0 Å². The summed E-state index contributed by atoms with van der Waals surface area (Å²) in [6, 6.07) is 0. The highest BCUT2D eigenvalue weighted by atomic mass is 13.8. The molecule has 0 aromatic rings. The molecule has 0 radical (unpaired) electrons. The topological polar surface area (TPSA) is 0 Å². The molecular weight excluding hydrogens is 120 g/mol. The molecule has 10 heavy (non-hydrogen) atoms. The molecule has 0 spiro atoms. The van der Waals surface area contributed by atoms with Gasteiger partial charge in [-0.1, -0.05) is 0 Å². The summed E-state index contributed by atoms with van der Waals surface area (Å²) in [6.07, 6.45) is 13.1. The fourth-order valence-corrected chi connectivity index (χ4v) is 0.446. The zero-order valence-corrected chi connectivity index (χ0v) is 5.98. The first-order chi connectivity index (χ1) is 4.91. The normalized spacial score (nSPS) is 6.60. The van der Waals surface area contributed by atoms with Gasteiger partial charge in [-0.3, -0.25) is 0 Å². The second kappa shape index (κ2) is 7.68. The molecule has 0 amide bonds. The number of hydrogen-bond acceptors (Lipinski definition) is 0. The summed E-state index contributed by atoms with van der Waals surface area (Å²) in [6.45, 7) is 0. The molecular formula is C10H10. The van der Waals surface area contributed by atoms with Crippen LogP contribution in [0.3, 0.4) is 0 Å². The Morgan fingerprint density at radius 1 is 0.700 bits per heavy atom. The predicted molar refractivity (Wildman–Crippen MR) is 43.9 cm³/mol. The van der Waals surface area contributed by atoms with Crippen LogP contribution in [0.4, 0.5) is 0 Å². The molecule has 0 saturated carbocycles. The molecule has 0 aromatic carbocycles. The summed E-state index contributed by atoms with van der Waals surface area (Å²) in [5, 5.41) is 0. The lowest BCUT2D eigenvalue weighted by molar-refractivity contribution is 1.09. The van der Waals surface area contributed by atoms with Crippen molar-refractivity contribution in [3.63, 3.8) is 0 Å². The van der Waals surface area contributed by atoms with Crippen LogP contribution in [-0.2, 0) is 0 Å². The van der Waals surface area contributed by atoms with Crippen LogP contribution in [0.15, 0.2) is 0 Å². The second-order valence-electron chi connectivity index (χ2n) is 1.76. The predicted octanol–water partition coefficient (Wildman–Crippen LogP) is 1.82. The standard InChI is InChI=1S/C10H10/c1-3-5-7-9-10-8-6-4-2/h1-2H,5-8H2. The van der Waals surface area contributed by atoms with Gasteiger partial charge in [0.05, 0.1) is 0 Å². The van der Waals surface area contributed by atoms with E-state index in [2.05, 4.69) is 23.7 Å². The van der Waals surface area contributed by atoms with Crippen molar-refractivity contribution in [2.75, 3.05) is 0 Å². The summed E-state index contributed by atoms with van der Waals surface area (Å²) in [5.41, 5.74) is 0. The van der Waals surface area contributed by atoms with Gasteiger partial charge >= 0.3 is 0 Å². The van der Waals surface area contributed by atoms with E-state index in [0.29, 0.717) is 0 Å². The quantitative estimate of drug-likeness (QED) is 0.395. The van der Waals surface area contributed by atoms with E-state index in [1.807, 2.05) is 0 Å². The van der Waals surface area contributed by atoms with Crippen molar-refractivity contribution in [1.82, 2.24) is 0 Å². The molecule has 0 saturated heterocycles. The van der Waals surface area contributed by atoms with Crippen LogP contribution in [-0.4, -0.2) is 0 Å². The molecule has 0 N–H and O–H groups in total. The molecule has 0 nitrogen and oxygen atoms in total. The summed E-state index contributed by atoms with van der Waals surface area (Å²) in [5.74, 6) is 10.9. The smallest absolute Gasteiger partial charge is 0.0198 e. The molecule has 0 heterocycles. The maximum Gasteiger partial charge on any atom is 0.0198 e. The third-order valence-corrected chi connectivity index (χ3v) is 0.914. The van der Waals surface area contributed by atoms with Gasteiger partial charge in [0.2, 0.25) is 0 Å². The third-order valence-electron chi connectivity index (χ3n) is 0.914. The van der Waals surface area contributed by atoms with Crippen molar-refractivity contribution < 1.29 is 0 Å². The van der Waals surface area contributed by atoms with E-state index in [1.165, 1.54) is 0 Å². The molecule has 0 bridgehead atoms. The monoisotopic (exact) mass is 130 g/mol. The zero-order chi connectivity index (χ0) is 7.66. The van der Waals surface area contributed by atoms with Gasteiger partial charge in [-0.15, -0.1) is 36.5 Å². The molecule has 0 fully saturated rings. The Hall–Kier alpha value is -1.32. The minimum absolute atomic E-state index is 0.739. The van der Waals surface area contributed by atoms with Crippen molar-refractivity contribution in [2.24, 2.45) is 0 Å². The third kappa shape index (κ3) is 6.68. The molecule has 0 heteroatoms. The van der Waals surface area contributed by atoms with Crippen molar-refractivity contribution in [3.8, 4) is 36.5 Å². The summed E-state index contributed by atoms with van der Waals surface area (Å²) in [4.78, 5) is 0. The lowest BCUT2D eigenvalue weighted by Crippen LogP contribution is -1.66. The fourth-order valence-electron chi connectivity index (χ4n) is 0.446. The van der Waals surface area contributed by atoms with Crippen LogP contribution in [0.25, 0.3) is 0 Å². The van der Waals surface area contributed by atoms with E-state index in [1.54, 1.807) is 0 Å². The Morgan fingerprint density at radius 3 is 1.40 bits per heavy atom. The second-order valence-corrected chi connectivity index (χ2v) is 1.76. The van der Waals surface area contributed by atoms with Gasteiger partial charge < -0.3 is 0 Å². The van der Waals surface area contributed by atoms with E-state index in [9.17, 15) is 0 Å². The van der Waals surface area contributed by atoms with Crippen LogP contribution in [0.2, 0.25) is 0 Å². The van der Waals surface area contributed by atoms with Crippen LogP contribution < -0.4 is 0 Å². The summed E-state index contributed by atoms with van der Waals surface area (Å²) in [7, 11) is 0. The Bertz CT molecular complexity index is 177. The van der Waals surface area contributed by atoms with E-state index < -0.39 is 0 Å². The van der Waals surface area contributed by atoms with E-state index >= 15 is 0 Å². The molecule has 50 valence electrons. The minimum atomic E-state index is 0.739. The number of hydrogen-bond donors (Lipinski definition) is 0. The minimum Gasteiger partial charge on any atom is -0.120 e. The highest BCUT2D eigenvalue weighted by molar-refractivity contribution is 5.03. The Morgan fingerprint density at radius 2 is 1.10 bits per heavy atom. The fraction of sp³-hybridized carbons (Fsp3) is 0.400. The maximum atomic E-state index is 5.02. The van der Waals surface area contributed by atoms with Gasteiger partial charge in [-0.2, -0.15) is 0 Å². The molecule has 0 unspecified atom stereocenters. The van der Waals surface area contributed by atoms with Crippen LogP contribution in [0, 0.1) is 36.5 Å². The SMILES string of the molecule is C#CCCC#CCCC#C. The van der Waals surface area contributed by atoms with Gasteiger partial charge in [-0.25, -0.2) is 0 Å². The van der Waals surface area contributed by atoms with E-state index in [0.717, 1.165) is 25.7 Å². The molecule has 0 rings (SSSR count). The first-order valence-electron chi connectivity index (χ1n) is 3.24. The summed E-state index contributed by atoms with van der Waals surface area (Å²) >= 11 is 0.